The number of hydrogen-bond donors (Lipinski definition) is 4. The van der Waals surface area contributed by atoms with Crippen molar-refractivity contribution in [3.8, 4) is 17.0 Å². The van der Waals surface area contributed by atoms with Crippen molar-refractivity contribution in [3.05, 3.63) is 82.9 Å². The number of rotatable bonds is 6. The number of fused-ring (bicyclic) bond motifs is 2. The van der Waals surface area contributed by atoms with Crippen LogP contribution < -0.4 is 15.8 Å². The molecule has 37 heavy (non-hydrogen) atoms. The van der Waals surface area contributed by atoms with Crippen molar-refractivity contribution < 1.29 is 23.8 Å². The van der Waals surface area contributed by atoms with E-state index >= 15 is 0 Å². The van der Waals surface area contributed by atoms with Crippen LogP contribution in [0.2, 0.25) is 0 Å². The molecule has 0 radical (unpaired) electrons. The molecular weight excluding hydrogens is 475 g/mol. The number of aliphatic hydroxyl groups is 1. The molecule has 2 aromatic carbocycles. The van der Waals surface area contributed by atoms with E-state index in [1.54, 1.807) is 31.2 Å². The Labute approximate surface area is 212 Å². The number of aryl methyl sites for hydroxylation is 1. The summed E-state index contributed by atoms with van der Waals surface area (Å²) in [5.74, 6) is -1.04. The minimum absolute atomic E-state index is 0.00965. The van der Waals surface area contributed by atoms with Crippen molar-refractivity contribution in [2.24, 2.45) is 5.73 Å². The molecule has 4 aromatic rings. The highest BCUT2D eigenvalue weighted by molar-refractivity contribution is 5.98. The van der Waals surface area contributed by atoms with Crippen LogP contribution in [0.1, 0.15) is 41.2 Å². The third-order valence-electron chi connectivity index (χ3n) is 6.90. The smallest absolute Gasteiger partial charge is 0.267 e. The number of carbonyl (C=O) groups is 2. The summed E-state index contributed by atoms with van der Waals surface area (Å²) in [6.07, 6.45) is 0. The molecule has 1 aliphatic heterocycles. The number of pyridine rings is 1. The number of primary amides is 1. The predicted molar refractivity (Wildman–Crippen MR) is 137 cm³/mol. The Hall–Kier alpha value is -4.24. The Morgan fingerprint density at radius 2 is 1.95 bits per heavy atom. The first kappa shape index (κ1) is 24.5. The lowest BCUT2D eigenvalue weighted by molar-refractivity contribution is -0.123. The Bertz CT molecular complexity index is 1540. The minimum atomic E-state index is -1.62. The number of amides is 2. The van der Waals surface area contributed by atoms with E-state index in [0.29, 0.717) is 28.3 Å². The summed E-state index contributed by atoms with van der Waals surface area (Å²) in [5.41, 5.74) is 6.77. The lowest BCUT2D eigenvalue weighted by Gasteiger charge is -2.26. The van der Waals surface area contributed by atoms with Gasteiger partial charge in [0.05, 0.1) is 12.2 Å². The fourth-order valence-corrected chi connectivity index (χ4v) is 4.47. The van der Waals surface area contributed by atoms with Crippen LogP contribution >= 0.6 is 0 Å². The molecular formula is C28H27FN4O4. The standard InChI is InChI=1S/C28H27FN4O4/c1-15-4-5-17-11-21(32-20(17)10-15)25(34)31-13-28(3,36)22-12-19-24(37-14-27(19,2)26(30)35)23(33-22)16-6-8-18(29)9-7-16/h4-12,32,36H,13-14H2,1-3H3,(H2,30,35)(H,31,34)/t27-,28-/m0/s1. The van der Waals surface area contributed by atoms with Crippen LogP contribution in [0.3, 0.4) is 0 Å². The van der Waals surface area contributed by atoms with E-state index in [-0.39, 0.29) is 24.8 Å². The first-order valence-electron chi connectivity index (χ1n) is 11.8. The van der Waals surface area contributed by atoms with Gasteiger partial charge in [0.2, 0.25) is 5.91 Å². The maximum atomic E-state index is 13.6. The lowest BCUT2D eigenvalue weighted by atomic mass is 9.82. The number of halogens is 1. The molecule has 0 saturated carbocycles. The molecule has 3 heterocycles. The molecule has 5 N–H and O–H groups in total. The second kappa shape index (κ2) is 8.70. The monoisotopic (exact) mass is 502 g/mol. The largest absolute Gasteiger partial charge is 0.489 e. The number of aromatic nitrogens is 2. The molecule has 0 aliphatic carbocycles. The zero-order valence-electron chi connectivity index (χ0n) is 20.7. The van der Waals surface area contributed by atoms with Crippen molar-refractivity contribution >= 4 is 22.7 Å². The van der Waals surface area contributed by atoms with Crippen LogP contribution in [-0.2, 0) is 15.8 Å². The zero-order valence-corrected chi connectivity index (χ0v) is 20.7. The van der Waals surface area contributed by atoms with E-state index in [0.717, 1.165) is 16.5 Å². The van der Waals surface area contributed by atoms with Crippen LogP contribution in [0.4, 0.5) is 4.39 Å². The van der Waals surface area contributed by atoms with Gasteiger partial charge in [0, 0.05) is 22.0 Å². The minimum Gasteiger partial charge on any atom is -0.489 e. The number of benzene rings is 2. The molecule has 2 aromatic heterocycles. The number of aromatic amines is 1. The van der Waals surface area contributed by atoms with Gasteiger partial charge in [-0.05, 0) is 68.8 Å². The predicted octanol–water partition coefficient (Wildman–Crippen LogP) is 3.45. The maximum absolute atomic E-state index is 13.6. The summed E-state index contributed by atoms with van der Waals surface area (Å²) in [6.45, 7) is 4.99. The molecule has 2 amide bonds. The molecule has 0 bridgehead atoms. The summed E-state index contributed by atoms with van der Waals surface area (Å²) in [7, 11) is 0. The Morgan fingerprint density at radius 1 is 1.22 bits per heavy atom. The normalized spacial score (nSPS) is 18.2. The third-order valence-corrected chi connectivity index (χ3v) is 6.90. The number of nitrogens with one attached hydrogen (secondary N) is 2. The number of ether oxygens (including phenoxy) is 1. The number of nitrogens with zero attached hydrogens (tertiary/aromatic N) is 1. The van der Waals surface area contributed by atoms with Crippen molar-refractivity contribution in [1.82, 2.24) is 15.3 Å². The Morgan fingerprint density at radius 3 is 2.65 bits per heavy atom. The SMILES string of the molecule is Cc1ccc2cc(C(=O)NC[C@](C)(O)c3cc4c(c(-c5ccc(F)cc5)n3)OC[C@]4(C)C(N)=O)[nH]c2c1. The first-order valence-corrected chi connectivity index (χ1v) is 11.8. The zero-order chi connectivity index (χ0) is 26.5. The molecule has 0 saturated heterocycles. The second-order valence-corrected chi connectivity index (χ2v) is 9.95. The van der Waals surface area contributed by atoms with Gasteiger partial charge in [0.25, 0.3) is 5.91 Å². The fourth-order valence-electron chi connectivity index (χ4n) is 4.47. The van der Waals surface area contributed by atoms with Gasteiger partial charge in [-0.25, -0.2) is 9.37 Å². The van der Waals surface area contributed by atoms with Gasteiger partial charge in [0.15, 0.2) is 0 Å². The molecule has 2 atom stereocenters. The summed E-state index contributed by atoms with van der Waals surface area (Å²) in [4.78, 5) is 33.0. The average Bonchev–Trinajstić information content (AvgIpc) is 3.44. The van der Waals surface area contributed by atoms with E-state index in [9.17, 15) is 19.1 Å². The van der Waals surface area contributed by atoms with Crippen LogP contribution in [0.25, 0.3) is 22.2 Å². The molecule has 5 rings (SSSR count). The van der Waals surface area contributed by atoms with E-state index in [4.69, 9.17) is 10.5 Å². The van der Waals surface area contributed by atoms with E-state index in [1.807, 2.05) is 25.1 Å². The maximum Gasteiger partial charge on any atom is 0.267 e. The van der Waals surface area contributed by atoms with Gasteiger partial charge >= 0.3 is 0 Å². The highest BCUT2D eigenvalue weighted by Gasteiger charge is 2.45. The van der Waals surface area contributed by atoms with Gasteiger partial charge in [0.1, 0.15) is 40.6 Å². The molecule has 1 aliphatic rings. The second-order valence-electron chi connectivity index (χ2n) is 9.95. The van der Waals surface area contributed by atoms with Crippen LogP contribution in [0.15, 0.2) is 54.6 Å². The van der Waals surface area contributed by atoms with Crippen molar-refractivity contribution in [3.63, 3.8) is 0 Å². The molecule has 9 heteroatoms. The highest BCUT2D eigenvalue weighted by atomic mass is 19.1. The van der Waals surface area contributed by atoms with E-state index < -0.39 is 22.7 Å². The van der Waals surface area contributed by atoms with Crippen LogP contribution in [0, 0.1) is 12.7 Å². The molecule has 0 unspecified atom stereocenters. The Balaban J connectivity index is 1.49. The van der Waals surface area contributed by atoms with Crippen LogP contribution in [0.5, 0.6) is 5.75 Å². The fraction of sp³-hybridized carbons (Fsp3) is 0.250. The van der Waals surface area contributed by atoms with Gasteiger partial charge in [-0.3, -0.25) is 9.59 Å². The van der Waals surface area contributed by atoms with Gasteiger partial charge < -0.3 is 25.9 Å². The van der Waals surface area contributed by atoms with Crippen molar-refractivity contribution in [2.75, 3.05) is 13.2 Å². The number of H-pyrrole nitrogens is 1. The lowest BCUT2D eigenvalue weighted by Crippen LogP contribution is -2.41. The van der Waals surface area contributed by atoms with E-state index in [1.165, 1.54) is 19.1 Å². The van der Waals surface area contributed by atoms with Gasteiger partial charge in [-0.2, -0.15) is 0 Å². The summed E-state index contributed by atoms with van der Waals surface area (Å²) >= 11 is 0. The van der Waals surface area contributed by atoms with Crippen molar-refractivity contribution in [2.45, 2.75) is 31.8 Å². The van der Waals surface area contributed by atoms with Gasteiger partial charge in [-0.1, -0.05) is 12.1 Å². The van der Waals surface area contributed by atoms with Crippen molar-refractivity contribution in [1.29, 1.82) is 0 Å². The summed E-state index contributed by atoms with van der Waals surface area (Å²) < 4.78 is 19.4. The first-order chi connectivity index (χ1) is 17.5. The number of carbonyl (C=O) groups excluding carboxylic acids is 2. The number of hydrogen-bond acceptors (Lipinski definition) is 5. The molecule has 0 fully saturated rings. The van der Waals surface area contributed by atoms with Crippen LogP contribution in [-0.4, -0.2) is 40.0 Å². The summed E-state index contributed by atoms with van der Waals surface area (Å²) in [5, 5.41) is 15.1. The molecule has 0 spiro atoms. The highest BCUT2D eigenvalue weighted by Crippen LogP contribution is 2.45. The quantitative estimate of drug-likeness (QED) is 0.321. The third kappa shape index (κ3) is 4.31. The topological polar surface area (TPSA) is 130 Å². The van der Waals surface area contributed by atoms with Gasteiger partial charge in [-0.15, -0.1) is 0 Å². The molecule has 8 nitrogen and oxygen atoms in total. The van der Waals surface area contributed by atoms with E-state index in [2.05, 4.69) is 15.3 Å². The molecule has 190 valence electrons. The number of nitrogens with two attached hydrogens (primary N) is 1. The Kier molecular flexibility index (Phi) is 5.75. The average molecular weight is 503 g/mol. The summed E-state index contributed by atoms with van der Waals surface area (Å²) in [6, 6.07) is 14.8.